The number of nitrogens with zero attached hydrogens (tertiary/aromatic N) is 2. The van der Waals surface area contributed by atoms with E-state index in [1.807, 2.05) is 30.0 Å². The van der Waals surface area contributed by atoms with Crippen molar-refractivity contribution < 1.29 is 9.53 Å². The van der Waals surface area contributed by atoms with E-state index < -0.39 is 0 Å². The van der Waals surface area contributed by atoms with Gasteiger partial charge in [-0.25, -0.2) is 0 Å². The first-order chi connectivity index (χ1) is 9.63. The molecule has 0 aromatic heterocycles. The minimum absolute atomic E-state index is 0.146. The first-order valence-corrected chi connectivity index (χ1v) is 7.31. The zero-order chi connectivity index (χ0) is 14.5. The molecular formula is C16H24N2O2. The van der Waals surface area contributed by atoms with Gasteiger partial charge in [-0.15, -0.1) is 0 Å². The van der Waals surface area contributed by atoms with E-state index in [0.717, 1.165) is 24.5 Å². The number of amides is 1. The number of carbonyl (C=O) groups excluding carboxylic acids is 1. The predicted molar refractivity (Wildman–Crippen MR) is 82.3 cm³/mol. The summed E-state index contributed by atoms with van der Waals surface area (Å²) in [7, 11) is 2.09. The summed E-state index contributed by atoms with van der Waals surface area (Å²) in [5, 5.41) is 0. The molecule has 1 aromatic rings. The molecule has 1 aromatic carbocycles. The lowest BCUT2D eigenvalue weighted by Gasteiger charge is -2.24. The molecule has 0 N–H and O–H groups in total. The third-order valence-corrected chi connectivity index (χ3v) is 3.63. The van der Waals surface area contributed by atoms with Crippen molar-refractivity contribution in [2.75, 3.05) is 43.2 Å². The maximum absolute atomic E-state index is 12.5. The third-order valence-electron chi connectivity index (χ3n) is 3.63. The number of rotatable bonds is 4. The van der Waals surface area contributed by atoms with Crippen LogP contribution < -0.4 is 9.80 Å². The van der Waals surface area contributed by atoms with Gasteiger partial charge in [0.05, 0.1) is 24.4 Å². The first-order valence-electron chi connectivity index (χ1n) is 7.31. The molecule has 0 saturated carbocycles. The molecule has 0 bridgehead atoms. The minimum atomic E-state index is 0.146. The summed E-state index contributed by atoms with van der Waals surface area (Å²) in [5.74, 6) is 0.594. The summed E-state index contributed by atoms with van der Waals surface area (Å²) in [6.45, 7) is 7.02. The normalized spacial score (nSPS) is 18.6. The Hall–Kier alpha value is -1.55. The second-order valence-corrected chi connectivity index (χ2v) is 5.43. The lowest BCUT2D eigenvalue weighted by molar-refractivity contribution is -0.119. The standard InChI is InChI=1S/C16H24N2O2/c1-4-20-10-9-16(19)18-12-13(2)11-17(3)14-7-5-6-8-15(14)18/h5-8,13H,4,9-12H2,1-3H3. The lowest BCUT2D eigenvalue weighted by Crippen LogP contribution is -2.35. The molecule has 0 aliphatic carbocycles. The molecule has 110 valence electrons. The van der Waals surface area contributed by atoms with E-state index in [0.29, 0.717) is 25.6 Å². The van der Waals surface area contributed by atoms with Crippen LogP contribution in [0.2, 0.25) is 0 Å². The van der Waals surface area contributed by atoms with Crippen molar-refractivity contribution in [1.82, 2.24) is 0 Å². The Morgan fingerprint density at radius 1 is 1.30 bits per heavy atom. The van der Waals surface area contributed by atoms with Crippen LogP contribution in [0.3, 0.4) is 0 Å². The Morgan fingerprint density at radius 3 is 2.70 bits per heavy atom. The highest BCUT2D eigenvalue weighted by Crippen LogP contribution is 2.32. The summed E-state index contributed by atoms with van der Waals surface area (Å²) < 4.78 is 5.30. The molecule has 1 atom stereocenters. The maximum atomic E-state index is 12.5. The number of para-hydroxylation sites is 2. The summed E-state index contributed by atoms with van der Waals surface area (Å²) in [5.41, 5.74) is 2.14. The second-order valence-electron chi connectivity index (χ2n) is 5.43. The minimum Gasteiger partial charge on any atom is -0.381 e. The number of ether oxygens (including phenoxy) is 1. The molecule has 20 heavy (non-hydrogen) atoms. The summed E-state index contributed by atoms with van der Waals surface area (Å²) in [4.78, 5) is 16.6. The summed E-state index contributed by atoms with van der Waals surface area (Å²) in [6.07, 6.45) is 0.443. The number of benzene rings is 1. The van der Waals surface area contributed by atoms with Crippen molar-refractivity contribution in [3.63, 3.8) is 0 Å². The van der Waals surface area contributed by atoms with Gasteiger partial charge in [0.15, 0.2) is 0 Å². The lowest BCUT2D eigenvalue weighted by atomic mass is 10.1. The van der Waals surface area contributed by atoms with Crippen LogP contribution in [0, 0.1) is 5.92 Å². The smallest absolute Gasteiger partial charge is 0.229 e. The van der Waals surface area contributed by atoms with Gasteiger partial charge in [0.2, 0.25) is 5.91 Å². The topological polar surface area (TPSA) is 32.8 Å². The van der Waals surface area contributed by atoms with Crippen LogP contribution in [-0.4, -0.2) is 39.3 Å². The molecule has 0 saturated heterocycles. The Morgan fingerprint density at radius 2 is 2.00 bits per heavy atom. The Bertz CT molecular complexity index is 462. The number of hydrogen-bond donors (Lipinski definition) is 0. The highest BCUT2D eigenvalue weighted by Gasteiger charge is 2.25. The Labute approximate surface area is 121 Å². The molecule has 4 nitrogen and oxygen atoms in total. The van der Waals surface area contributed by atoms with Gasteiger partial charge >= 0.3 is 0 Å². The molecule has 1 heterocycles. The fourth-order valence-electron chi connectivity index (χ4n) is 2.72. The first kappa shape index (κ1) is 14.9. The Balaban J connectivity index is 2.22. The fraction of sp³-hybridized carbons (Fsp3) is 0.562. The molecule has 0 radical (unpaired) electrons. The maximum Gasteiger partial charge on any atom is 0.229 e. The molecule has 0 spiro atoms. The highest BCUT2D eigenvalue weighted by atomic mass is 16.5. The van der Waals surface area contributed by atoms with Crippen molar-refractivity contribution in [1.29, 1.82) is 0 Å². The van der Waals surface area contributed by atoms with Crippen molar-refractivity contribution in [2.45, 2.75) is 20.3 Å². The van der Waals surface area contributed by atoms with E-state index in [4.69, 9.17) is 4.74 Å². The molecule has 1 amide bonds. The van der Waals surface area contributed by atoms with Crippen molar-refractivity contribution >= 4 is 17.3 Å². The van der Waals surface area contributed by atoms with Crippen molar-refractivity contribution in [2.24, 2.45) is 5.92 Å². The zero-order valence-corrected chi connectivity index (χ0v) is 12.6. The van der Waals surface area contributed by atoms with Crippen LogP contribution in [0.4, 0.5) is 11.4 Å². The van der Waals surface area contributed by atoms with Gasteiger partial charge < -0.3 is 14.5 Å². The second kappa shape index (κ2) is 6.75. The van der Waals surface area contributed by atoms with Crippen molar-refractivity contribution in [3.8, 4) is 0 Å². The van der Waals surface area contributed by atoms with E-state index in [-0.39, 0.29) is 5.91 Å². The summed E-state index contributed by atoms with van der Waals surface area (Å²) in [6, 6.07) is 8.12. The van der Waals surface area contributed by atoms with E-state index >= 15 is 0 Å². The third kappa shape index (κ3) is 3.31. The van der Waals surface area contributed by atoms with Gasteiger partial charge in [-0.2, -0.15) is 0 Å². The molecule has 4 heteroatoms. The van der Waals surface area contributed by atoms with Crippen LogP contribution in [0.25, 0.3) is 0 Å². The van der Waals surface area contributed by atoms with Gasteiger partial charge in [-0.05, 0) is 25.0 Å². The highest BCUT2D eigenvalue weighted by molar-refractivity contribution is 5.97. The van der Waals surface area contributed by atoms with E-state index in [1.165, 1.54) is 0 Å². The number of hydrogen-bond acceptors (Lipinski definition) is 3. The quantitative estimate of drug-likeness (QED) is 0.792. The average Bonchev–Trinajstić information content (AvgIpc) is 2.56. The average molecular weight is 276 g/mol. The molecule has 1 aliphatic rings. The number of anilines is 2. The van der Waals surface area contributed by atoms with Gasteiger partial charge in [0.1, 0.15) is 0 Å². The van der Waals surface area contributed by atoms with Gasteiger partial charge in [-0.3, -0.25) is 4.79 Å². The van der Waals surface area contributed by atoms with Gasteiger partial charge in [-0.1, -0.05) is 19.1 Å². The molecule has 0 fully saturated rings. The number of fused-ring (bicyclic) bond motifs is 1. The molecular weight excluding hydrogens is 252 g/mol. The van der Waals surface area contributed by atoms with E-state index in [1.54, 1.807) is 0 Å². The van der Waals surface area contributed by atoms with Crippen LogP contribution in [0.5, 0.6) is 0 Å². The van der Waals surface area contributed by atoms with E-state index in [2.05, 4.69) is 24.9 Å². The molecule has 2 rings (SSSR count). The zero-order valence-electron chi connectivity index (χ0n) is 12.6. The fourth-order valence-corrected chi connectivity index (χ4v) is 2.72. The molecule has 1 unspecified atom stereocenters. The van der Waals surface area contributed by atoms with Crippen molar-refractivity contribution in [3.05, 3.63) is 24.3 Å². The van der Waals surface area contributed by atoms with Crippen LogP contribution in [-0.2, 0) is 9.53 Å². The van der Waals surface area contributed by atoms with Crippen LogP contribution in [0.1, 0.15) is 20.3 Å². The SMILES string of the molecule is CCOCCC(=O)N1CC(C)CN(C)c2ccccc21. The Kier molecular flexibility index (Phi) is 5.01. The van der Waals surface area contributed by atoms with Gasteiger partial charge in [0, 0.05) is 26.7 Å². The largest absolute Gasteiger partial charge is 0.381 e. The summed E-state index contributed by atoms with van der Waals surface area (Å²) >= 11 is 0. The van der Waals surface area contributed by atoms with Crippen LogP contribution in [0.15, 0.2) is 24.3 Å². The monoisotopic (exact) mass is 276 g/mol. The van der Waals surface area contributed by atoms with E-state index in [9.17, 15) is 4.79 Å². The number of carbonyl (C=O) groups is 1. The molecule has 1 aliphatic heterocycles. The van der Waals surface area contributed by atoms with Crippen LogP contribution >= 0.6 is 0 Å². The van der Waals surface area contributed by atoms with Gasteiger partial charge in [0.25, 0.3) is 0 Å². The predicted octanol–water partition coefficient (Wildman–Crippen LogP) is 2.53.